The highest BCUT2D eigenvalue weighted by Crippen LogP contribution is 2.42. The predicted molar refractivity (Wildman–Crippen MR) is 104 cm³/mol. The molecule has 1 heterocycles. The molecule has 0 unspecified atom stereocenters. The number of aryl methyl sites for hydroxylation is 1. The third kappa shape index (κ3) is 3.69. The molecule has 5 nitrogen and oxygen atoms in total. The molecule has 1 saturated heterocycles. The Morgan fingerprint density at radius 1 is 1.11 bits per heavy atom. The number of amides is 1. The lowest BCUT2D eigenvalue weighted by molar-refractivity contribution is -0.122. The average Bonchev–Trinajstić information content (AvgIpc) is 3.00. The van der Waals surface area contributed by atoms with E-state index in [4.69, 9.17) is 0 Å². The van der Waals surface area contributed by atoms with E-state index in [2.05, 4.69) is 5.32 Å². The molecule has 2 aromatic rings. The van der Waals surface area contributed by atoms with Crippen LogP contribution < -0.4 is 5.32 Å². The van der Waals surface area contributed by atoms with Crippen molar-refractivity contribution in [2.45, 2.75) is 30.7 Å². The maximum absolute atomic E-state index is 13.0. The fourth-order valence-corrected chi connectivity index (χ4v) is 5.67. The molecular weight excluding hydrogens is 379 g/mol. The van der Waals surface area contributed by atoms with Gasteiger partial charge in [0.1, 0.15) is 5.82 Å². The number of nitrogens with zero attached hydrogens (tertiary/aromatic N) is 1. The van der Waals surface area contributed by atoms with Crippen molar-refractivity contribution in [3.63, 3.8) is 0 Å². The molecule has 1 aliphatic heterocycles. The number of fused-ring (bicyclic) bond motifs is 1. The van der Waals surface area contributed by atoms with Crippen LogP contribution in [0.2, 0.25) is 0 Å². The summed E-state index contributed by atoms with van der Waals surface area (Å²) < 4.78 is 40.2. The van der Waals surface area contributed by atoms with Gasteiger partial charge in [0.15, 0.2) is 0 Å². The van der Waals surface area contributed by atoms with Crippen molar-refractivity contribution in [2.75, 3.05) is 13.1 Å². The zero-order valence-corrected chi connectivity index (χ0v) is 16.5. The first-order valence-corrected chi connectivity index (χ1v) is 10.9. The van der Waals surface area contributed by atoms with Crippen LogP contribution in [0.25, 0.3) is 0 Å². The first-order chi connectivity index (χ1) is 13.3. The summed E-state index contributed by atoms with van der Waals surface area (Å²) in [5.74, 6) is -0.00420. The van der Waals surface area contributed by atoms with E-state index in [1.54, 1.807) is 40.7 Å². The van der Waals surface area contributed by atoms with Gasteiger partial charge in [-0.15, -0.1) is 0 Å². The Hall–Kier alpha value is -2.25. The highest BCUT2D eigenvalue weighted by atomic mass is 32.2. The molecule has 1 N–H and O–H groups in total. The van der Waals surface area contributed by atoms with Gasteiger partial charge in [-0.1, -0.05) is 29.8 Å². The van der Waals surface area contributed by atoms with Crippen molar-refractivity contribution in [2.24, 2.45) is 11.8 Å². The van der Waals surface area contributed by atoms with Gasteiger partial charge in [-0.25, -0.2) is 12.8 Å². The lowest BCUT2D eigenvalue weighted by Crippen LogP contribution is -2.52. The maximum atomic E-state index is 13.0. The van der Waals surface area contributed by atoms with E-state index in [0.717, 1.165) is 17.5 Å². The fraction of sp³-hybridized carbons (Fsp3) is 0.381. The van der Waals surface area contributed by atoms with Crippen molar-refractivity contribution in [3.05, 3.63) is 65.5 Å². The minimum absolute atomic E-state index is 0.00355. The molecule has 1 saturated carbocycles. The first-order valence-electron chi connectivity index (χ1n) is 9.43. The molecule has 0 radical (unpaired) electrons. The Kier molecular flexibility index (Phi) is 4.97. The SMILES string of the molecule is Cc1ccc(S(=O)(=O)N2C[C@H]3C[C@H](NC(=O)Cc4ccc(F)cc4)[C@H]3C2)cc1. The van der Waals surface area contributed by atoms with Gasteiger partial charge in [-0.05, 0) is 55.0 Å². The van der Waals surface area contributed by atoms with Crippen molar-refractivity contribution < 1.29 is 17.6 Å². The second-order valence-electron chi connectivity index (χ2n) is 7.77. The predicted octanol–water partition coefficient (Wildman–Crippen LogP) is 2.50. The Morgan fingerprint density at radius 3 is 2.46 bits per heavy atom. The van der Waals surface area contributed by atoms with E-state index >= 15 is 0 Å². The van der Waals surface area contributed by atoms with Gasteiger partial charge in [0.2, 0.25) is 15.9 Å². The third-order valence-corrected chi connectivity index (χ3v) is 7.66. The summed E-state index contributed by atoms with van der Waals surface area (Å²) in [5.41, 5.74) is 1.77. The Morgan fingerprint density at radius 2 is 1.79 bits per heavy atom. The molecule has 2 aliphatic rings. The molecule has 148 valence electrons. The van der Waals surface area contributed by atoms with Crippen molar-refractivity contribution >= 4 is 15.9 Å². The topological polar surface area (TPSA) is 66.5 Å². The molecule has 0 spiro atoms. The average molecular weight is 402 g/mol. The first kappa shape index (κ1) is 19.1. The molecule has 1 amide bonds. The van der Waals surface area contributed by atoms with Crippen LogP contribution in [0.1, 0.15) is 17.5 Å². The molecule has 0 bridgehead atoms. The van der Waals surface area contributed by atoms with Gasteiger partial charge >= 0.3 is 0 Å². The number of sulfonamides is 1. The van der Waals surface area contributed by atoms with E-state index < -0.39 is 10.0 Å². The Labute approximate surface area is 164 Å². The van der Waals surface area contributed by atoms with Crippen LogP contribution in [0.3, 0.4) is 0 Å². The number of carbonyl (C=O) groups is 1. The minimum Gasteiger partial charge on any atom is -0.353 e. The zero-order valence-electron chi connectivity index (χ0n) is 15.6. The number of nitrogens with one attached hydrogen (secondary N) is 1. The standard InChI is InChI=1S/C21H23FN2O3S/c1-14-2-8-18(9-3-14)28(26,27)24-12-16-11-20(19(16)13-24)23-21(25)10-15-4-6-17(22)7-5-15/h2-9,16,19-20H,10-13H2,1H3,(H,23,25)/t16-,19+,20+/m1/s1. The third-order valence-electron chi connectivity index (χ3n) is 5.81. The molecule has 1 aliphatic carbocycles. The number of rotatable bonds is 5. The van der Waals surface area contributed by atoms with Gasteiger partial charge in [-0.3, -0.25) is 4.79 Å². The van der Waals surface area contributed by atoms with Gasteiger partial charge in [0.25, 0.3) is 0 Å². The van der Waals surface area contributed by atoms with Crippen LogP contribution in [0, 0.1) is 24.6 Å². The number of hydrogen-bond donors (Lipinski definition) is 1. The van der Waals surface area contributed by atoms with Crippen LogP contribution in [-0.2, 0) is 21.2 Å². The number of halogens is 1. The largest absolute Gasteiger partial charge is 0.353 e. The number of hydrogen-bond acceptors (Lipinski definition) is 3. The highest BCUT2D eigenvalue weighted by molar-refractivity contribution is 7.89. The Bertz CT molecular complexity index is 974. The van der Waals surface area contributed by atoms with E-state index in [9.17, 15) is 17.6 Å². The molecule has 0 aromatic heterocycles. The molecule has 7 heteroatoms. The highest BCUT2D eigenvalue weighted by Gasteiger charge is 2.50. The number of benzene rings is 2. The van der Waals surface area contributed by atoms with Crippen molar-refractivity contribution in [3.8, 4) is 0 Å². The molecule has 4 rings (SSSR count). The maximum Gasteiger partial charge on any atom is 0.243 e. The summed E-state index contributed by atoms with van der Waals surface area (Å²) in [5, 5.41) is 3.02. The van der Waals surface area contributed by atoms with Crippen LogP contribution in [-0.4, -0.2) is 37.8 Å². The van der Waals surface area contributed by atoms with Crippen LogP contribution in [0.15, 0.2) is 53.4 Å². The zero-order chi connectivity index (χ0) is 19.9. The second kappa shape index (κ2) is 7.29. The summed E-state index contributed by atoms with van der Waals surface area (Å²) in [4.78, 5) is 12.6. The molecule has 2 fully saturated rings. The van der Waals surface area contributed by atoms with E-state index in [1.807, 2.05) is 6.92 Å². The lowest BCUT2D eigenvalue weighted by Gasteiger charge is -2.39. The molecule has 28 heavy (non-hydrogen) atoms. The minimum atomic E-state index is -3.50. The quantitative estimate of drug-likeness (QED) is 0.836. The van der Waals surface area contributed by atoms with Gasteiger partial charge in [0, 0.05) is 19.1 Å². The van der Waals surface area contributed by atoms with Gasteiger partial charge in [-0.2, -0.15) is 4.31 Å². The van der Waals surface area contributed by atoms with E-state index in [0.29, 0.717) is 18.0 Å². The summed E-state index contributed by atoms with van der Waals surface area (Å²) in [6.07, 6.45) is 0.985. The molecular formula is C21H23FN2O3S. The van der Waals surface area contributed by atoms with Gasteiger partial charge in [0.05, 0.1) is 11.3 Å². The lowest BCUT2D eigenvalue weighted by atomic mass is 9.71. The second-order valence-corrected chi connectivity index (χ2v) is 9.71. The van der Waals surface area contributed by atoms with Gasteiger partial charge < -0.3 is 5.32 Å². The van der Waals surface area contributed by atoms with Crippen LogP contribution in [0.4, 0.5) is 4.39 Å². The summed E-state index contributed by atoms with van der Waals surface area (Å²) in [6, 6.07) is 12.8. The van der Waals surface area contributed by atoms with Crippen LogP contribution >= 0.6 is 0 Å². The van der Waals surface area contributed by atoms with Crippen molar-refractivity contribution in [1.82, 2.24) is 9.62 Å². The van der Waals surface area contributed by atoms with Crippen molar-refractivity contribution in [1.29, 1.82) is 0 Å². The molecule has 2 aromatic carbocycles. The molecule has 3 atom stereocenters. The van der Waals surface area contributed by atoms with Crippen LogP contribution in [0.5, 0.6) is 0 Å². The van der Waals surface area contributed by atoms with E-state index in [-0.39, 0.29) is 36.0 Å². The fourth-order valence-electron chi connectivity index (χ4n) is 4.13. The Balaban J connectivity index is 1.36. The smallest absolute Gasteiger partial charge is 0.243 e. The van der Waals surface area contributed by atoms with E-state index in [1.165, 1.54) is 12.1 Å². The summed E-state index contributed by atoms with van der Waals surface area (Å²) in [6.45, 7) is 2.86. The monoisotopic (exact) mass is 402 g/mol. The normalized spacial score (nSPS) is 24.4. The summed E-state index contributed by atoms with van der Waals surface area (Å²) in [7, 11) is -3.50. The number of carbonyl (C=O) groups excluding carboxylic acids is 1. The summed E-state index contributed by atoms with van der Waals surface area (Å²) >= 11 is 0.